The number of hydrogen-bond donors (Lipinski definition) is 1. The van der Waals surface area contributed by atoms with Gasteiger partial charge in [-0.3, -0.25) is 0 Å². The average molecular weight is 271 g/mol. The third-order valence-electron chi connectivity index (χ3n) is 3.56. The zero-order valence-electron chi connectivity index (χ0n) is 11.8. The van der Waals surface area contributed by atoms with Gasteiger partial charge in [0, 0.05) is 5.70 Å². The SMILES string of the molecule is C=C(/C=C(\N)c1ccc2ccccc2c1)c1ccccc1. The van der Waals surface area contributed by atoms with Crippen molar-refractivity contribution in [3.63, 3.8) is 0 Å². The summed E-state index contributed by atoms with van der Waals surface area (Å²) in [7, 11) is 0. The summed E-state index contributed by atoms with van der Waals surface area (Å²) in [5.41, 5.74) is 9.98. The highest BCUT2D eigenvalue weighted by atomic mass is 14.6. The molecular weight excluding hydrogens is 254 g/mol. The monoisotopic (exact) mass is 271 g/mol. The molecule has 0 saturated carbocycles. The van der Waals surface area contributed by atoms with E-state index in [1.165, 1.54) is 10.8 Å². The van der Waals surface area contributed by atoms with E-state index in [9.17, 15) is 0 Å². The molecule has 2 N–H and O–H groups in total. The van der Waals surface area contributed by atoms with Crippen molar-refractivity contribution in [2.75, 3.05) is 0 Å². The Kier molecular flexibility index (Phi) is 3.57. The minimum atomic E-state index is 0.731. The van der Waals surface area contributed by atoms with E-state index in [0.29, 0.717) is 0 Å². The fraction of sp³-hybridized carbons (Fsp3) is 0. The molecule has 21 heavy (non-hydrogen) atoms. The van der Waals surface area contributed by atoms with Crippen molar-refractivity contribution in [1.82, 2.24) is 0 Å². The van der Waals surface area contributed by atoms with Gasteiger partial charge in [0.15, 0.2) is 0 Å². The molecule has 0 aliphatic carbocycles. The van der Waals surface area contributed by atoms with Gasteiger partial charge >= 0.3 is 0 Å². The van der Waals surface area contributed by atoms with Crippen LogP contribution in [0.1, 0.15) is 11.1 Å². The Morgan fingerprint density at radius 3 is 2.19 bits per heavy atom. The van der Waals surface area contributed by atoms with E-state index >= 15 is 0 Å². The summed E-state index contributed by atoms with van der Waals surface area (Å²) in [6.45, 7) is 4.10. The molecule has 0 fully saturated rings. The molecule has 0 unspecified atom stereocenters. The highest BCUT2D eigenvalue weighted by Crippen LogP contribution is 2.21. The zero-order valence-corrected chi connectivity index (χ0v) is 11.8. The summed E-state index contributed by atoms with van der Waals surface area (Å²) in [4.78, 5) is 0. The van der Waals surface area contributed by atoms with Crippen LogP contribution in [0.15, 0.2) is 85.5 Å². The van der Waals surface area contributed by atoms with Gasteiger partial charge in [-0.15, -0.1) is 0 Å². The van der Waals surface area contributed by atoms with Gasteiger partial charge in [0.05, 0.1) is 0 Å². The number of benzene rings is 3. The van der Waals surface area contributed by atoms with Crippen molar-refractivity contribution < 1.29 is 0 Å². The minimum Gasteiger partial charge on any atom is -0.398 e. The van der Waals surface area contributed by atoms with Crippen LogP contribution in [0.3, 0.4) is 0 Å². The molecule has 1 heteroatoms. The lowest BCUT2D eigenvalue weighted by Gasteiger charge is -2.06. The predicted molar refractivity (Wildman–Crippen MR) is 91.6 cm³/mol. The van der Waals surface area contributed by atoms with Gasteiger partial charge in [-0.05, 0) is 39.6 Å². The summed E-state index contributed by atoms with van der Waals surface area (Å²) in [6, 6.07) is 24.6. The van der Waals surface area contributed by atoms with Gasteiger partial charge < -0.3 is 5.73 Å². The third kappa shape index (κ3) is 2.87. The van der Waals surface area contributed by atoms with E-state index in [0.717, 1.165) is 22.4 Å². The average Bonchev–Trinajstić information content (AvgIpc) is 2.55. The largest absolute Gasteiger partial charge is 0.398 e. The molecule has 0 saturated heterocycles. The normalized spacial score (nSPS) is 11.5. The van der Waals surface area contributed by atoms with Crippen molar-refractivity contribution >= 4 is 22.0 Å². The van der Waals surface area contributed by atoms with E-state index in [1.807, 2.05) is 54.6 Å². The second kappa shape index (κ2) is 5.68. The van der Waals surface area contributed by atoms with Gasteiger partial charge in [-0.2, -0.15) is 0 Å². The first-order chi connectivity index (χ1) is 10.2. The smallest absolute Gasteiger partial charge is 0.0393 e. The predicted octanol–water partition coefficient (Wildman–Crippen LogP) is 4.85. The van der Waals surface area contributed by atoms with Crippen molar-refractivity contribution in [3.8, 4) is 0 Å². The molecule has 0 radical (unpaired) electrons. The maximum atomic E-state index is 6.22. The van der Waals surface area contributed by atoms with Crippen LogP contribution in [-0.2, 0) is 0 Å². The highest BCUT2D eigenvalue weighted by molar-refractivity contribution is 5.88. The third-order valence-corrected chi connectivity index (χ3v) is 3.56. The van der Waals surface area contributed by atoms with Crippen molar-refractivity contribution in [2.24, 2.45) is 5.73 Å². The van der Waals surface area contributed by atoms with E-state index < -0.39 is 0 Å². The quantitative estimate of drug-likeness (QED) is 0.677. The second-order valence-electron chi connectivity index (χ2n) is 5.05. The molecule has 3 aromatic rings. The fourth-order valence-electron chi connectivity index (χ4n) is 2.38. The van der Waals surface area contributed by atoms with Gasteiger partial charge in [0.2, 0.25) is 0 Å². The maximum absolute atomic E-state index is 6.22. The molecule has 1 nitrogen and oxygen atoms in total. The molecule has 0 aliphatic rings. The van der Waals surface area contributed by atoms with E-state index in [-0.39, 0.29) is 0 Å². The Morgan fingerprint density at radius 1 is 0.762 bits per heavy atom. The first-order valence-corrected chi connectivity index (χ1v) is 6.95. The Bertz CT molecular complexity index is 813. The molecule has 0 amide bonds. The topological polar surface area (TPSA) is 26.0 Å². The van der Waals surface area contributed by atoms with Gasteiger partial charge in [-0.1, -0.05) is 73.3 Å². The number of hydrogen-bond acceptors (Lipinski definition) is 1. The first-order valence-electron chi connectivity index (χ1n) is 6.95. The molecule has 102 valence electrons. The lowest BCUT2D eigenvalue weighted by atomic mass is 10.0. The van der Waals surface area contributed by atoms with Crippen LogP contribution >= 0.6 is 0 Å². The molecule has 3 aromatic carbocycles. The van der Waals surface area contributed by atoms with Crippen LogP contribution in [0.5, 0.6) is 0 Å². The number of fused-ring (bicyclic) bond motifs is 1. The van der Waals surface area contributed by atoms with Crippen LogP contribution in [0.25, 0.3) is 22.0 Å². The number of rotatable bonds is 3. The Hall–Kier alpha value is -2.80. The second-order valence-corrected chi connectivity index (χ2v) is 5.05. The molecule has 0 spiro atoms. The molecule has 0 atom stereocenters. The van der Waals surface area contributed by atoms with Crippen LogP contribution < -0.4 is 5.73 Å². The van der Waals surface area contributed by atoms with E-state index in [4.69, 9.17) is 5.73 Å². The molecule has 0 aliphatic heterocycles. The summed E-state index contributed by atoms with van der Waals surface area (Å²) in [5.74, 6) is 0. The lowest BCUT2D eigenvalue weighted by Crippen LogP contribution is -1.96. The molecule has 0 aromatic heterocycles. The van der Waals surface area contributed by atoms with Gasteiger partial charge in [0.1, 0.15) is 0 Å². The molecule has 0 heterocycles. The fourth-order valence-corrected chi connectivity index (χ4v) is 2.38. The van der Waals surface area contributed by atoms with E-state index in [2.05, 4.69) is 30.8 Å². The van der Waals surface area contributed by atoms with Crippen LogP contribution in [0.2, 0.25) is 0 Å². The van der Waals surface area contributed by atoms with E-state index in [1.54, 1.807) is 0 Å². The molecule has 0 bridgehead atoms. The minimum absolute atomic E-state index is 0.731. The zero-order chi connectivity index (χ0) is 14.7. The summed E-state index contributed by atoms with van der Waals surface area (Å²) in [6.07, 6.45) is 1.93. The molecule has 3 rings (SSSR count). The molecular formula is C20H17N. The maximum Gasteiger partial charge on any atom is 0.0393 e. The first kappa shape index (κ1) is 13.2. The Labute approximate surface area is 125 Å². The standard InChI is InChI=1S/C20H17N/c1-15(16-7-3-2-4-8-16)13-20(21)19-12-11-17-9-5-6-10-18(17)14-19/h2-14H,1,21H2/b20-13-. The van der Waals surface area contributed by atoms with Crippen LogP contribution in [0.4, 0.5) is 0 Å². The van der Waals surface area contributed by atoms with Crippen molar-refractivity contribution in [2.45, 2.75) is 0 Å². The van der Waals surface area contributed by atoms with Gasteiger partial charge in [0.25, 0.3) is 0 Å². The highest BCUT2D eigenvalue weighted by Gasteiger charge is 2.01. The summed E-state index contributed by atoms with van der Waals surface area (Å²) in [5, 5.41) is 2.41. The van der Waals surface area contributed by atoms with Gasteiger partial charge in [-0.25, -0.2) is 0 Å². The number of nitrogens with two attached hydrogens (primary N) is 1. The van der Waals surface area contributed by atoms with Crippen molar-refractivity contribution in [3.05, 3.63) is 96.6 Å². The Morgan fingerprint density at radius 2 is 1.43 bits per heavy atom. The van der Waals surface area contributed by atoms with Crippen molar-refractivity contribution in [1.29, 1.82) is 0 Å². The summed E-state index contributed by atoms with van der Waals surface area (Å²) < 4.78 is 0. The Balaban J connectivity index is 1.94. The van der Waals surface area contributed by atoms with Crippen LogP contribution in [-0.4, -0.2) is 0 Å². The number of allylic oxidation sites excluding steroid dienone is 2. The lowest BCUT2D eigenvalue weighted by molar-refractivity contribution is 1.53. The summed E-state index contributed by atoms with van der Waals surface area (Å²) >= 11 is 0. The van der Waals surface area contributed by atoms with Crippen LogP contribution in [0, 0.1) is 0 Å².